The van der Waals surface area contributed by atoms with Crippen LogP contribution in [0.25, 0.3) is 0 Å². The number of anilines is 1. The summed E-state index contributed by atoms with van der Waals surface area (Å²) in [5.74, 6) is -0.409. The Labute approximate surface area is 100 Å². The smallest absolute Gasteiger partial charge is 0.241 e. The lowest BCUT2D eigenvalue weighted by Gasteiger charge is -2.07. The van der Waals surface area contributed by atoms with Crippen LogP contribution in [0, 0.1) is 6.92 Å². The number of hydrogen-bond donors (Lipinski definition) is 3. The van der Waals surface area contributed by atoms with E-state index >= 15 is 0 Å². The molecular formula is C10H15N3O3S. The molecule has 0 saturated heterocycles. The number of aryl methyl sites for hydroxylation is 1. The van der Waals surface area contributed by atoms with Crippen molar-refractivity contribution in [3.05, 3.63) is 23.8 Å². The molecule has 0 spiro atoms. The SMILES string of the molecule is CNC(=O)CNS(=O)(=O)c1ccc(C)c(N)c1. The molecule has 0 aliphatic rings. The van der Waals surface area contributed by atoms with Crippen molar-refractivity contribution in [1.29, 1.82) is 0 Å². The van der Waals surface area contributed by atoms with Crippen LogP contribution >= 0.6 is 0 Å². The van der Waals surface area contributed by atoms with E-state index in [1.165, 1.54) is 19.2 Å². The van der Waals surface area contributed by atoms with E-state index in [0.717, 1.165) is 5.56 Å². The van der Waals surface area contributed by atoms with Crippen LogP contribution in [0.5, 0.6) is 0 Å². The maximum atomic E-state index is 11.8. The molecule has 94 valence electrons. The van der Waals surface area contributed by atoms with Crippen LogP contribution in [0.1, 0.15) is 5.56 Å². The molecule has 1 aromatic rings. The van der Waals surface area contributed by atoms with Gasteiger partial charge in [-0.2, -0.15) is 0 Å². The van der Waals surface area contributed by atoms with Crippen molar-refractivity contribution in [1.82, 2.24) is 10.0 Å². The minimum atomic E-state index is -3.70. The van der Waals surface area contributed by atoms with Crippen LogP contribution in [0.4, 0.5) is 5.69 Å². The molecule has 4 N–H and O–H groups in total. The van der Waals surface area contributed by atoms with Crippen molar-refractivity contribution in [3.63, 3.8) is 0 Å². The predicted molar refractivity (Wildman–Crippen MR) is 64.8 cm³/mol. The fourth-order valence-corrected chi connectivity index (χ4v) is 2.14. The number of carbonyl (C=O) groups excluding carboxylic acids is 1. The number of amides is 1. The summed E-state index contributed by atoms with van der Waals surface area (Å²) in [6.07, 6.45) is 0. The zero-order valence-electron chi connectivity index (χ0n) is 9.65. The van der Waals surface area contributed by atoms with Crippen molar-refractivity contribution in [2.75, 3.05) is 19.3 Å². The van der Waals surface area contributed by atoms with Crippen molar-refractivity contribution >= 4 is 21.6 Å². The van der Waals surface area contributed by atoms with Gasteiger partial charge in [0.15, 0.2) is 0 Å². The average molecular weight is 257 g/mol. The summed E-state index contributed by atoms with van der Waals surface area (Å²) in [6.45, 7) is 1.48. The molecule has 0 aliphatic heterocycles. The lowest BCUT2D eigenvalue weighted by Crippen LogP contribution is -2.35. The molecule has 1 rings (SSSR count). The number of nitrogens with one attached hydrogen (secondary N) is 2. The summed E-state index contributed by atoms with van der Waals surface area (Å²) in [5.41, 5.74) is 6.83. The molecule has 0 heterocycles. The van der Waals surface area contributed by atoms with E-state index in [4.69, 9.17) is 5.73 Å². The Kier molecular flexibility index (Phi) is 4.08. The van der Waals surface area contributed by atoms with Gasteiger partial charge in [0.1, 0.15) is 0 Å². The van der Waals surface area contributed by atoms with Gasteiger partial charge in [-0.25, -0.2) is 13.1 Å². The summed E-state index contributed by atoms with van der Waals surface area (Å²) in [4.78, 5) is 11.0. The summed E-state index contributed by atoms with van der Waals surface area (Å²) in [5, 5.41) is 2.32. The second-order valence-corrected chi connectivity index (χ2v) is 5.28. The molecule has 0 saturated carbocycles. The first-order chi connectivity index (χ1) is 7.86. The number of hydrogen-bond acceptors (Lipinski definition) is 4. The van der Waals surface area contributed by atoms with Crippen molar-refractivity contribution in [2.45, 2.75) is 11.8 Å². The summed E-state index contributed by atoms with van der Waals surface area (Å²) in [7, 11) is -2.26. The first-order valence-corrected chi connectivity index (χ1v) is 6.41. The monoisotopic (exact) mass is 257 g/mol. The minimum absolute atomic E-state index is 0.0458. The first kappa shape index (κ1) is 13.5. The quantitative estimate of drug-likeness (QED) is 0.639. The first-order valence-electron chi connectivity index (χ1n) is 4.93. The molecule has 0 bridgehead atoms. The molecule has 7 heteroatoms. The van der Waals surface area contributed by atoms with Crippen LogP contribution in [0.15, 0.2) is 23.1 Å². The third-order valence-electron chi connectivity index (χ3n) is 2.26. The molecule has 1 amide bonds. The van der Waals surface area contributed by atoms with Crippen LogP contribution in [-0.2, 0) is 14.8 Å². The van der Waals surface area contributed by atoms with Crippen LogP contribution < -0.4 is 15.8 Å². The lowest BCUT2D eigenvalue weighted by atomic mass is 10.2. The van der Waals surface area contributed by atoms with Crippen molar-refractivity contribution < 1.29 is 13.2 Å². The molecular weight excluding hydrogens is 242 g/mol. The van der Waals surface area contributed by atoms with Gasteiger partial charge >= 0.3 is 0 Å². The Bertz CT molecular complexity index is 526. The Morgan fingerprint density at radius 1 is 1.41 bits per heavy atom. The van der Waals surface area contributed by atoms with E-state index in [2.05, 4.69) is 10.0 Å². The van der Waals surface area contributed by atoms with Crippen LogP contribution in [0.2, 0.25) is 0 Å². The zero-order chi connectivity index (χ0) is 13.1. The van der Waals surface area contributed by atoms with E-state index in [-0.39, 0.29) is 11.4 Å². The van der Waals surface area contributed by atoms with E-state index in [1.807, 2.05) is 0 Å². The van der Waals surface area contributed by atoms with Gasteiger partial charge in [-0.15, -0.1) is 0 Å². The molecule has 1 aromatic carbocycles. The van der Waals surface area contributed by atoms with E-state index < -0.39 is 15.9 Å². The Balaban J connectivity index is 2.90. The minimum Gasteiger partial charge on any atom is -0.398 e. The number of carbonyl (C=O) groups is 1. The third kappa shape index (κ3) is 3.43. The van der Waals surface area contributed by atoms with Gasteiger partial charge in [0.05, 0.1) is 11.4 Å². The summed E-state index contributed by atoms with van der Waals surface area (Å²) >= 11 is 0. The standard InChI is InChI=1S/C10H15N3O3S/c1-7-3-4-8(5-9(7)11)17(15,16)13-6-10(14)12-2/h3-5,13H,6,11H2,1-2H3,(H,12,14). The number of sulfonamides is 1. The second kappa shape index (κ2) is 5.15. The average Bonchev–Trinajstić information content (AvgIpc) is 2.29. The van der Waals surface area contributed by atoms with E-state index in [9.17, 15) is 13.2 Å². The fraction of sp³-hybridized carbons (Fsp3) is 0.300. The summed E-state index contributed by atoms with van der Waals surface area (Å²) < 4.78 is 25.7. The highest BCUT2D eigenvalue weighted by Crippen LogP contribution is 2.16. The predicted octanol–water partition coefficient (Wildman–Crippen LogP) is -0.398. The molecule has 0 radical (unpaired) electrons. The molecule has 0 unspecified atom stereocenters. The van der Waals surface area contributed by atoms with E-state index in [1.54, 1.807) is 13.0 Å². The van der Waals surface area contributed by atoms with Gasteiger partial charge in [0.2, 0.25) is 15.9 Å². The molecule has 0 aromatic heterocycles. The lowest BCUT2D eigenvalue weighted by molar-refractivity contribution is -0.119. The maximum Gasteiger partial charge on any atom is 0.241 e. The number of rotatable bonds is 4. The highest BCUT2D eigenvalue weighted by molar-refractivity contribution is 7.89. The number of likely N-dealkylation sites (N-methyl/N-ethyl adjacent to an activating group) is 1. The number of benzene rings is 1. The van der Waals surface area contributed by atoms with Crippen molar-refractivity contribution in [2.24, 2.45) is 0 Å². The van der Waals surface area contributed by atoms with Gasteiger partial charge in [0, 0.05) is 12.7 Å². The maximum absolute atomic E-state index is 11.8. The topological polar surface area (TPSA) is 101 Å². The van der Waals surface area contributed by atoms with Gasteiger partial charge in [-0.3, -0.25) is 4.79 Å². The molecule has 0 aliphatic carbocycles. The van der Waals surface area contributed by atoms with Crippen molar-refractivity contribution in [3.8, 4) is 0 Å². The van der Waals surface area contributed by atoms with E-state index in [0.29, 0.717) is 5.69 Å². The van der Waals surface area contributed by atoms with Gasteiger partial charge < -0.3 is 11.1 Å². The molecule has 17 heavy (non-hydrogen) atoms. The van der Waals surface area contributed by atoms with Gasteiger partial charge in [-0.1, -0.05) is 6.07 Å². The Morgan fingerprint density at radius 3 is 2.59 bits per heavy atom. The van der Waals surface area contributed by atoms with Crippen LogP contribution in [-0.4, -0.2) is 27.9 Å². The molecule has 0 fully saturated rings. The largest absolute Gasteiger partial charge is 0.398 e. The molecule has 6 nitrogen and oxygen atoms in total. The third-order valence-corrected chi connectivity index (χ3v) is 3.66. The second-order valence-electron chi connectivity index (χ2n) is 3.52. The Morgan fingerprint density at radius 2 is 2.06 bits per heavy atom. The Hall–Kier alpha value is -1.60. The summed E-state index contributed by atoms with van der Waals surface area (Å²) in [6, 6.07) is 4.42. The number of nitrogen functional groups attached to an aromatic ring is 1. The molecule has 0 atom stereocenters. The number of nitrogens with two attached hydrogens (primary N) is 1. The zero-order valence-corrected chi connectivity index (χ0v) is 10.5. The highest BCUT2D eigenvalue weighted by Gasteiger charge is 2.15. The highest BCUT2D eigenvalue weighted by atomic mass is 32.2. The van der Waals surface area contributed by atoms with Gasteiger partial charge in [-0.05, 0) is 24.6 Å². The van der Waals surface area contributed by atoms with Crippen LogP contribution in [0.3, 0.4) is 0 Å². The normalized spacial score (nSPS) is 11.2. The fourth-order valence-electron chi connectivity index (χ4n) is 1.12. The van der Waals surface area contributed by atoms with Gasteiger partial charge in [0.25, 0.3) is 0 Å².